The first-order chi connectivity index (χ1) is 11.3. The normalized spacial score (nSPS) is 22.4. The molecule has 0 bridgehead atoms. The smallest absolute Gasteiger partial charge is 0.155 e. The zero-order chi connectivity index (χ0) is 17.3. The quantitative estimate of drug-likeness (QED) is 0.883. The van der Waals surface area contributed by atoms with Gasteiger partial charge >= 0.3 is 0 Å². The summed E-state index contributed by atoms with van der Waals surface area (Å²) in [6.45, 7) is 2.46. The Labute approximate surface area is 142 Å². The van der Waals surface area contributed by atoms with Crippen LogP contribution in [0.25, 0.3) is 0 Å². The van der Waals surface area contributed by atoms with Crippen LogP contribution in [0.2, 0.25) is 0 Å². The lowest BCUT2D eigenvalue weighted by atomic mass is 10.1. The van der Waals surface area contributed by atoms with Crippen molar-refractivity contribution in [1.29, 1.82) is 0 Å². The van der Waals surface area contributed by atoms with Crippen molar-refractivity contribution in [2.24, 2.45) is 0 Å². The Morgan fingerprint density at radius 2 is 1.83 bits per heavy atom. The standard InChI is InChI=1S/C18H21NO4S/c1-13-5-7-14(8-6-13)10-19(15-3-2-4-16(20)9-15)17-11-24(22,23)12-18(17)21/h2-9,17-18,20-21H,10-12H2,1H3/t17-,18+/m1/s1. The number of anilines is 1. The molecule has 0 aliphatic carbocycles. The van der Waals surface area contributed by atoms with E-state index in [2.05, 4.69) is 0 Å². The summed E-state index contributed by atoms with van der Waals surface area (Å²) in [6, 6.07) is 14.1. The van der Waals surface area contributed by atoms with E-state index in [-0.39, 0.29) is 17.3 Å². The van der Waals surface area contributed by atoms with Crippen LogP contribution in [0.5, 0.6) is 5.75 Å². The Morgan fingerprint density at radius 3 is 2.42 bits per heavy atom. The van der Waals surface area contributed by atoms with Crippen molar-refractivity contribution in [2.45, 2.75) is 25.6 Å². The van der Waals surface area contributed by atoms with Gasteiger partial charge < -0.3 is 15.1 Å². The lowest BCUT2D eigenvalue weighted by molar-refractivity contribution is 0.177. The molecule has 1 fully saturated rings. The van der Waals surface area contributed by atoms with Crippen molar-refractivity contribution in [1.82, 2.24) is 0 Å². The molecule has 2 aromatic rings. The third kappa shape index (κ3) is 3.71. The van der Waals surface area contributed by atoms with Crippen LogP contribution in [-0.2, 0) is 16.4 Å². The molecule has 1 aliphatic rings. The van der Waals surface area contributed by atoms with Crippen molar-refractivity contribution in [2.75, 3.05) is 16.4 Å². The average molecular weight is 347 g/mol. The van der Waals surface area contributed by atoms with E-state index in [4.69, 9.17) is 0 Å². The number of hydrogen-bond acceptors (Lipinski definition) is 5. The maximum atomic E-state index is 11.9. The van der Waals surface area contributed by atoms with E-state index in [0.29, 0.717) is 12.2 Å². The summed E-state index contributed by atoms with van der Waals surface area (Å²) in [5, 5.41) is 20.0. The van der Waals surface area contributed by atoms with Gasteiger partial charge in [0.15, 0.2) is 9.84 Å². The van der Waals surface area contributed by atoms with Gasteiger partial charge in [0.1, 0.15) is 5.75 Å². The number of benzene rings is 2. The highest BCUT2D eigenvalue weighted by Gasteiger charge is 2.40. The van der Waals surface area contributed by atoms with Gasteiger partial charge in [-0.1, -0.05) is 35.9 Å². The highest BCUT2D eigenvalue weighted by atomic mass is 32.2. The van der Waals surface area contributed by atoms with Gasteiger partial charge in [-0.25, -0.2) is 8.42 Å². The summed E-state index contributed by atoms with van der Waals surface area (Å²) in [7, 11) is -3.26. The third-order valence-corrected chi connectivity index (χ3v) is 6.03. The summed E-state index contributed by atoms with van der Waals surface area (Å²) in [6.07, 6.45) is -0.942. The van der Waals surface area contributed by atoms with Gasteiger partial charge in [-0.05, 0) is 24.6 Å². The van der Waals surface area contributed by atoms with Crippen molar-refractivity contribution in [3.05, 3.63) is 59.7 Å². The molecule has 6 heteroatoms. The van der Waals surface area contributed by atoms with Gasteiger partial charge in [0, 0.05) is 18.3 Å². The molecule has 2 atom stereocenters. The molecule has 5 nitrogen and oxygen atoms in total. The molecule has 0 saturated carbocycles. The lowest BCUT2D eigenvalue weighted by Gasteiger charge is -2.32. The molecule has 2 N–H and O–H groups in total. The molecule has 0 spiro atoms. The Kier molecular flexibility index (Phi) is 4.51. The van der Waals surface area contributed by atoms with Gasteiger partial charge in [-0.2, -0.15) is 0 Å². The number of aromatic hydroxyl groups is 1. The number of phenolic OH excluding ortho intramolecular Hbond substituents is 1. The molecule has 0 radical (unpaired) electrons. The number of rotatable bonds is 4. The Balaban J connectivity index is 1.96. The largest absolute Gasteiger partial charge is 0.508 e. The van der Waals surface area contributed by atoms with Crippen LogP contribution in [-0.4, -0.2) is 42.3 Å². The molecule has 3 rings (SSSR count). The number of aliphatic hydroxyl groups excluding tert-OH is 1. The predicted octanol–water partition coefficient (Wildman–Crippen LogP) is 1.87. The molecule has 1 aliphatic heterocycles. The van der Waals surface area contributed by atoms with E-state index in [0.717, 1.165) is 11.1 Å². The molecule has 0 unspecified atom stereocenters. The minimum Gasteiger partial charge on any atom is -0.508 e. The molecular weight excluding hydrogens is 326 g/mol. The molecule has 24 heavy (non-hydrogen) atoms. The second kappa shape index (κ2) is 6.45. The number of phenols is 1. The summed E-state index contributed by atoms with van der Waals surface area (Å²) >= 11 is 0. The summed E-state index contributed by atoms with van der Waals surface area (Å²) < 4.78 is 23.8. The maximum Gasteiger partial charge on any atom is 0.155 e. The predicted molar refractivity (Wildman–Crippen MR) is 93.9 cm³/mol. The Morgan fingerprint density at radius 1 is 1.12 bits per heavy atom. The van der Waals surface area contributed by atoms with Gasteiger partial charge in [-0.15, -0.1) is 0 Å². The highest BCUT2D eigenvalue weighted by molar-refractivity contribution is 7.91. The summed E-state index contributed by atoms with van der Waals surface area (Å²) in [5.41, 5.74) is 2.85. The van der Waals surface area contributed by atoms with Crippen LogP contribution < -0.4 is 4.90 Å². The van der Waals surface area contributed by atoms with Crippen LogP contribution >= 0.6 is 0 Å². The van der Waals surface area contributed by atoms with E-state index >= 15 is 0 Å². The maximum absolute atomic E-state index is 11.9. The van der Waals surface area contributed by atoms with Crippen LogP contribution in [0.1, 0.15) is 11.1 Å². The van der Waals surface area contributed by atoms with Gasteiger partial charge in [-0.3, -0.25) is 0 Å². The van der Waals surface area contributed by atoms with Crippen molar-refractivity contribution in [3.8, 4) is 5.75 Å². The van der Waals surface area contributed by atoms with E-state index in [1.807, 2.05) is 42.2 Å². The van der Waals surface area contributed by atoms with E-state index in [9.17, 15) is 18.6 Å². The first-order valence-corrected chi connectivity index (χ1v) is 9.66. The first-order valence-electron chi connectivity index (χ1n) is 7.84. The molecule has 2 aromatic carbocycles. The SMILES string of the molecule is Cc1ccc(CN(c2cccc(O)c2)[C@@H]2CS(=O)(=O)C[C@@H]2O)cc1. The van der Waals surface area contributed by atoms with Crippen LogP contribution in [0, 0.1) is 6.92 Å². The zero-order valence-electron chi connectivity index (χ0n) is 13.5. The third-order valence-electron chi connectivity index (χ3n) is 4.33. The molecule has 128 valence electrons. The first kappa shape index (κ1) is 16.8. The van der Waals surface area contributed by atoms with Crippen LogP contribution in [0.4, 0.5) is 5.69 Å². The number of nitrogens with zero attached hydrogens (tertiary/aromatic N) is 1. The van der Waals surface area contributed by atoms with Crippen LogP contribution in [0.15, 0.2) is 48.5 Å². The lowest BCUT2D eigenvalue weighted by Crippen LogP contribution is -2.42. The van der Waals surface area contributed by atoms with E-state index < -0.39 is 22.0 Å². The van der Waals surface area contributed by atoms with Crippen molar-refractivity contribution >= 4 is 15.5 Å². The summed E-state index contributed by atoms with van der Waals surface area (Å²) in [4.78, 5) is 1.86. The van der Waals surface area contributed by atoms with E-state index in [1.54, 1.807) is 18.2 Å². The molecule has 0 aromatic heterocycles. The molecule has 1 saturated heterocycles. The summed E-state index contributed by atoms with van der Waals surface area (Å²) in [5.74, 6) is -0.201. The highest BCUT2D eigenvalue weighted by Crippen LogP contribution is 2.29. The van der Waals surface area contributed by atoms with Gasteiger partial charge in [0.2, 0.25) is 0 Å². The van der Waals surface area contributed by atoms with E-state index in [1.165, 1.54) is 0 Å². The number of aliphatic hydroxyl groups is 1. The molecular formula is C18H21NO4S. The molecule has 0 amide bonds. The fourth-order valence-electron chi connectivity index (χ4n) is 3.07. The fraction of sp³-hybridized carbons (Fsp3) is 0.333. The molecule has 1 heterocycles. The second-order valence-corrected chi connectivity index (χ2v) is 8.50. The van der Waals surface area contributed by atoms with Crippen molar-refractivity contribution < 1.29 is 18.6 Å². The monoisotopic (exact) mass is 347 g/mol. The topological polar surface area (TPSA) is 77.8 Å². The minimum absolute atomic E-state index is 0.0876. The van der Waals surface area contributed by atoms with Gasteiger partial charge in [0.25, 0.3) is 0 Å². The Bertz CT molecular complexity index is 817. The fourth-order valence-corrected chi connectivity index (χ4v) is 4.87. The average Bonchev–Trinajstić information content (AvgIpc) is 2.79. The minimum atomic E-state index is -3.26. The number of aryl methyl sites for hydroxylation is 1. The number of sulfone groups is 1. The number of hydrogen-bond donors (Lipinski definition) is 2. The second-order valence-electron chi connectivity index (χ2n) is 6.34. The Hall–Kier alpha value is -2.05. The zero-order valence-corrected chi connectivity index (χ0v) is 14.3. The van der Waals surface area contributed by atoms with Gasteiger partial charge in [0.05, 0.1) is 23.7 Å². The van der Waals surface area contributed by atoms with Crippen molar-refractivity contribution in [3.63, 3.8) is 0 Å². The van der Waals surface area contributed by atoms with Crippen LogP contribution in [0.3, 0.4) is 0 Å².